The summed E-state index contributed by atoms with van der Waals surface area (Å²) in [5, 5.41) is 7.66. The highest BCUT2D eigenvalue weighted by Gasteiger charge is 2.30. The number of hydrogen-bond donors (Lipinski definition) is 0. The highest BCUT2D eigenvalue weighted by atomic mass is 32.1. The molecule has 0 spiro atoms. The van der Waals surface area contributed by atoms with E-state index in [0.717, 1.165) is 16.7 Å². The minimum Gasteiger partial charge on any atom is -0.208 e. The van der Waals surface area contributed by atoms with Crippen molar-refractivity contribution in [2.45, 2.75) is 0 Å². The van der Waals surface area contributed by atoms with Crippen LogP contribution in [-0.4, -0.2) is 23.0 Å². The summed E-state index contributed by atoms with van der Waals surface area (Å²) in [5.74, 6) is 1.99. The van der Waals surface area contributed by atoms with Crippen LogP contribution >= 0.6 is 11.3 Å². The van der Waals surface area contributed by atoms with Gasteiger partial charge in [-0.05, 0) is 14.1 Å². The van der Waals surface area contributed by atoms with E-state index >= 15 is 0 Å². The number of rotatable bonds is 7. The van der Waals surface area contributed by atoms with E-state index in [1.54, 1.807) is 0 Å². The Morgan fingerprint density at radius 1 is 0.360 bits per heavy atom. The third-order valence-corrected chi connectivity index (χ3v) is 15.3. The highest BCUT2D eigenvalue weighted by molar-refractivity contribution is 7.26. The lowest BCUT2D eigenvalue weighted by atomic mass is 10.1. The molecule has 0 amide bonds. The Labute approximate surface area is 296 Å². The lowest BCUT2D eigenvalue weighted by Gasteiger charge is -2.47. The molecule has 2 heterocycles. The zero-order valence-corrected chi connectivity index (χ0v) is 29.0. The molecule has 0 unspecified atom stereocenters. The Bertz CT molecular complexity index is 2420. The van der Waals surface area contributed by atoms with Crippen LogP contribution in [0.2, 0.25) is 0 Å². The van der Waals surface area contributed by atoms with Crippen LogP contribution in [0.4, 0.5) is 0 Å². The summed E-state index contributed by atoms with van der Waals surface area (Å²) in [5.41, 5.74) is 2.93. The van der Waals surface area contributed by atoms with Crippen molar-refractivity contribution < 1.29 is 0 Å². The maximum absolute atomic E-state index is 5.28. The Morgan fingerprint density at radius 3 is 1.28 bits per heavy atom. The van der Waals surface area contributed by atoms with E-state index < -0.39 is 8.07 Å². The fourth-order valence-corrected chi connectivity index (χ4v) is 13.3. The maximum atomic E-state index is 5.28. The van der Waals surface area contributed by atoms with E-state index in [1.165, 1.54) is 40.9 Å². The van der Waals surface area contributed by atoms with E-state index in [-0.39, 0.29) is 0 Å². The molecule has 0 N–H and O–H groups in total. The van der Waals surface area contributed by atoms with Crippen molar-refractivity contribution in [2.24, 2.45) is 0 Å². The molecule has 5 heteroatoms. The number of aromatic nitrogens is 3. The molecule has 50 heavy (non-hydrogen) atoms. The minimum atomic E-state index is -2.85. The number of thiophene rings is 1. The third-order valence-electron chi connectivity index (χ3n) is 9.47. The number of fused-ring (bicyclic) bond motifs is 3. The Balaban J connectivity index is 1.43. The van der Waals surface area contributed by atoms with Crippen LogP contribution in [0, 0.1) is 0 Å². The van der Waals surface area contributed by atoms with Crippen molar-refractivity contribution in [3.63, 3.8) is 0 Å². The van der Waals surface area contributed by atoms with Crippen LogP contribution in [0.1, 0.15) is 0 Å². The molecule has 0 fully saturated rings. The van der Waals surface area contributed by atoms with Gasteiger partial charge in [0, 0.05) is 36.9 Å². The topological polar surface area (TPSA) is 38.7 Å². The van der Waals surface area contributed by atoms with Crippen LogP contribution < -0.4 is 20.7 Å². The van der Waals surface area contributed by atoms with Crippen molar-refractivity contribution in [1.82, 2.24) is 15.0 Å². The van der Waals surface area contributed by atoms with Gasteiger partial charge in [0.25, 0.3) is 0 Å². The van der Waals surface area contributed by atoms with Gasteiger partial charge in [-0.15, -0.1) is 11.3 Å². The lowest BCUT2D eigenvalue weighted by molar-refractivity contribution is 1.08. The summed E-state index contributed by atoms with van der Waals surface area (Å²) in [6.07, 6.45) is 0. The van der Waals surface area contributed by atoms with Gasteiger partial charge in [-0.1, -0.05) is 182 Å². The average molecular weight is 674 g/mol. The standard InChI is InChI=1S/C45H31N3SSi/c1-6-18-32(19-7-1)43-46-44(33-20-8-2-9-21-33)48-45(47-43)39-30-37(31-41-42(39)38-28-16-17-29-40(38)49-41)50(34-22-10-3-11-23-34,35-24-12-4-13-25-35)36-26-14-5-15-27-36/h1-31H/q-1. The SMILES string of the molecule is c1ccc(-c2nc(-c3ccccc3)nc(-c3cc([Si-](c4ccccc4)(c4ccccc4)c4ccccc4)cc4sc5ccccc5c34)n2)cc1. The van der Waals surface area contributed by atoms with Crippen molar-refractivity contribution >= 4 is 60.3 Å². The molecule has 0 aliphatic heterocycles. The maximum Gasteiger partial charge on any atom is 0.164 e. The summed E-state index contributed by atoms with van der Waals surface area (Å²) < 4.78 is 2.47. The first-order valence-corrected chi connectivity index (χ1v) is 19.6. The number of hydrogen-bond acceptors (Lipinski definition) is 4. The molecule has 7 aromatic carbocycles. The van der Waals surface area contributed by atoms with Gasteiger partial charge in [0.15, 0.2) is 17.5 Å². The van der Waals surface area contributed by atoms with Crippen LogP contribution in [-0.2, 0) is 0 Å². The molecule has 0 radical (unpaired) electrons. The quantitative estimate of drug-likeness (QED) is 0.126. The molecular formula is C45H31N3SSi-. The van der Waals surface area contributed by atoms with E-state index in [4.69, 9.17) is 15.0 Å². The van der Waals surface area contributed by atoms with Gasteiger partial charge < -0.3 is 0 Å². The first-order valence-electron chi connectivity index (χ1n) is 16.8. The monoisotopic (exact) mass is 673 g/mol. The van der Waals surface area contributed by atoms with E-state index in [0.29, 0.717) is 17.5 Å². The predicted octanol–water partition coefficient (Wildman–Crippen LogP) is 8.62. The second-order valence-electron chi connectivity index (χ2n) is 12.4. The Hall–Kier alpha value is -6.01. The molecule has 2 aromatic heterocycles. The fraction of sp³-hybridized carbons (Fsp3) is 0. The zero-order chi connectivity index (χ0) is 33.3. The van der Waals surface area contributed by atoms with Crippen LogP contribution in [0.15, 0.2) is 188 Å². The summed E-state index contributed by atoms with van der Waals surface area (Å²) >= 11 is 1.84. The average Bonchev–Trinajstić information content (AvgIpc) is 3.58. The van der Waals surface area contributed by atoms with Crippen molar-refractivity contribution in [3.8, 4) is 34.2 Å². The normalized spacial score (nSPS) is 11.6. The number of benzene rings is 7. The van der Waals surface area contributed by atoms with E-state index in [9.17, 15) is 0 Å². The smallest absolute Gasteiger partial charge is 0.164 e. The van der Waals surface area contributed by atoms with Crippen molar-refractivity contribution in [3.05, 3.63) is 188 Å². The third kappa shape index (κ3) is 5.15. The first kappa shape index (κ1) is 30.1. The molecule has 0 aliphatic carbocycles. The molecular weight excluding hydrogens is 643 g/mol. The second kappa shape index (κ2) is 12.8. The predicted molar refractivity (Wildman–Crippen MR) is 213 cm³/mol. The molecule has 0 aliphatic rings. The summed E-state index contributed by atoms with van der Waals surface area (Å²) in [4.78, 5) is 15.6. The summed E-state index contributed by atoms with van der Waals surface area (Å²) in [6.45, 7) is 0. The molecule has 0 saturated carbocycles. The van der Waals surface area contributed by atoms with E-state index in [2.05, 4.69) is 152 Å². The lowest BCUT2D eigenvalue weighted by Crippen LogP contribution is -2.74. The highest BCUT2D eigenvalue weighted by Crippen LogP contribution is 2.39. The summed E-state index contributed by atoms with van der Waals surface area (Å²) in [6, 6.07) is 67.2. The molecule has 9 rings (SSSR count). The fourth-order valence-electron chi connectivity index (χ4n) is 7.24. The largest absolute Gasteiger partial charge is 0.208 e. The Kier molecular flexibility index (Phi) is 7.69. The molecule has 0 atom stereocenters. The summed E-state index contributed by atoms with van der Waals surface area (Å²) in [7, 11) is -2.85. The molecule has 237 valence electrons. The Morgan fingerprint density at radius 2 is 0.780 bits per heavy atom. The minimum absolute atomic E-state index is 0.658. The van der Waals surface area contributed by atoms with Gasteiger partial charge in [0.2, 0.25) is 0 Å². The van der Waals surface area contributed by atoms with Crippen molar-refractivity contribution in [2.75, 3.05) is 0 Å². The van der Waals surface area contributed by atoms with Gasteiger partial charge in [0.1, 0.15) is 0 Å². The van der Waals surface area contributed by atoms with Crippen LogP contribution in [0.5, 0.6) is 0 Å². The molecule has 9 aromatic rings. The number of nitrogens with zero attached hydrogens (tertiary/aromatic N) is 3. The van der Waals surface area contributed by atoms with Crippen LogP contribution in [0.25, 0.3) is 54.3 Å². The van der Waals surface area contributed by atoms with Gasteiger partial charge in [-0.25, -0.2) is 15.0 Å². The second-order valence-corrected chi connectivity index (χ2v) is 17.3. The van der Waals surface area contributed by atoms with Crippen molar-refractivity contribution in [1.29, 1.82) is 0 Å². The van der Waals surface area contributed by atoms with Gasteiger partial charge in [0.05, 0.1) is 0 Å². The van der Waals surface area contributed by atoms with Gasteiger partial charge >= 0.3 is 0 Å². The molecule has 3 nitrogen and oxygen atoms in total. The van der Waals surface area contributed by atoms with Crippen LogP contribution in [0.3, 0.4) is 0 Å². The first-order chi connectivity index (χ1) is 24.8. The van der Waals surface area contributed by atoms with E-state index in [1.807, 2.05) is 47.7 Å². The van der Waals surface area contributed by atoms with Gasteiger partial charge in [-0.2, -0.15) is 20.7 Å². The molecule has 0 bridgehead atoms. The molecule has 0 saturated heterocycles. The van der Waals surface area contributed by atoms with Gasteiger partial charge in [-0.3, -0.25) is 0 Å². The zero-order valence-electron chi connectivity index (χ0n) is 27.1.